The average molecular weight is 191 g/mol. The van der Waals surface area contributed by atoms with Crippen molar-refractivity contribution in [1.29, 1.82) is 0 Å². The smallest absolute Gasteiger partial charge is 0.118 e. The van der Waals surface area contributed by atoms with Crippen LogP contribution in [-0.4, -0.2) is 11.1 Å². The minimum atomic E-state index is 0.390. The van der Waals surface area contributed by atoms with Gasteiger partial charge >= 0.3 is 0 Å². The average Bonchev–Trinajstić information content (AvgIpc) is 2.06. The normalized spacial score (nSPS) is 16.4. The summed E-state index contributed by atoms with van der Waals surface area (Å²) in [5, 5.41) is 13.0. The van der Waals surface area contributed by atoms with Crippen molar-refractivity contribution >= 4 is 5.69 Å². The van der Waals surface area contributed by atoms with Crippen LogP contribution in [0.4, 0.5) is 5.69 Å². The monoisotopic (exact) mass is 191 g/mol. The zero-order valence-corrected chi connectivity index (χ0v) is 8.80. The summed E-state index contributed by atoms with van der Waals surface area (Å²) in [4.78, 5) is 0. The predicted molar refractivity (Wildman–Crippen MR) is 58.8 cm³/mol. The molecule has 1 fully saturated rings. The van der Waals surface area contributed by atoms with Gasteiger partial charge < -0.3 is 10.4 Å². The molecule has 0 unspecified atom stereocenters. The van der Waals surface area contributed by atoms with Crippen LogP contribution >= 0.6 is 0 Å². The highest BCUT2D eigenvalue weighted by molar-refractivity contribution is 5.57. The fourth-order valence-electron chi connectivity index (χ4n) is 1.73. The van der Waals surface area contributed by atoms with Crippen molar-refractivity contribution < 1.29 is 5.11 Å². The molecule has 1 aliphatic rings. The molecular weight excluding hydrogens is 174 g/mol. The number of benzene rings is 1. The maximum atomic E-state index is 9.50. The number of rotatable bonds is 2. The van der Waals surface area contributed by atoms with Gasteiger partial charge in [0.15, 0.2) is 0 Å². The fourth-order valence-corrected chi connectivity index (χ4v) is 1.73. The molecule has 0 aromatic heterocycles. The SMILES string of the molecule is Cc1cc(NC2CCC2)c(C)cc1O. The lowest BCUT2D eigenvalue weighted by Crippen LogP contribution is -2.27. The Hall–Kier alpha value is -1.18. The molecule has 1 aliphatic carbocycles. The van der Waals surface area contributed by atoms with Crippen molar-refractivity contribution in [1.82, 2.24) is 0 Å². The molecular formula is C12H17NO. The van der Waals surface area contributed by atoms with Crippen molar-refractivity contribution in [3.8, 4) is 5.75 Å². The molecule has 0 radical (unpaired) electrons. The van der Waals surface area contributed by atoms with Gasteiger partial charge in [-0.2, -0.15) is 0 Å². The summed E-state index contributed by atoms with van der Waals surface area (Å²) in [6, 6.07) is 4.51. The van der Waals surface area contributed by atoms with E-state index in [0.717, 1.165) is 11.1 Å². The Morgan fingerprint density at radius 3 is 2.50 bits per heavy atom. The minimum Gasteiger partial charge on any atom is -0.508 e. The highest BCUT2D eigenvalue weighted by atomic mass is 16.3. The van der Waals surface area contributed by atoms with Crippen LogP contribution in [0.15, 0.2) is 12.1 Å². The van der Waals surface area contributed by atoms with Crippen LogP contribution in [-0.2, 0) is 0 Å². The third-order valence-corrected chi connectivity index (χ3v) is 3.01. The van der Waals surface area contributed by atoms with Crippen LogP contribution in [0.2, 0.25) is 0 Å². The molecule has 0 atom stereocenters. The maximum Gasteiger partial charge on any atom is 0.118 e. The lowest BCUT2D eigenvalue weighted by atomic mass is 9.92. The van der Waals surface area contributed by atoms with Gasteiger partial charge in [0.25, 0.3) is 0 Å². The lowest BCUT2D eigenvalue weighted by molar-refractivity contribution is 0.445. The zero-order valence-electron chi connectivity index (χ0n) is 8.80. The van der Waals surface area contributed by atoms with E-state index in [9.17, 15) is 5.11 Å². The van der Waals surface area contributed by atoms with E-state index in [2.05, 4.69) is 5.32 Å². The molecule has 2 nitrogen and oxygen atoms in total. The first-order chi connectivity index (χ1) is 6.66. The number of aryl methyl sites for hydroxylation is 2. The van der Waals surface area contributed by atoms with Crippen LogP contribution < -0.4 is 5.32 Å². The van der Waals surface area contributed by atoms with Crippen LogP contribution in [0.5, 0.6) is 5.75 Å². The number of phenols is 1. The second-order valence-corrected chi connectivity index (χ2v) is 4.23. The molecule has 0 amide bonds. The van der Waals surface area contributed by atoms with Crippen molar-refractivity contribution in [2.24, 2.45) is 0 Å². The number of aromatic hydroxyl groups is 1. The summed E-state index contributed by atoms with van der Waals surface area (Å²) < 4.78 is 0. The van der Waals surface area contributed by atoms with Crippen molar-refractivity contribution in [3.05, 3.63) is 23.3 Å². The summed E-state index contributed by atoms with van der Waals surface area (Å²) in [5.74, 6) is 0.390. The van der Waals surface area contributed by atoms with Gasteiger partial charge in [0.2, 0.25) is 0 Å². The van der Waals surface area contributed by atoms with Gasteiger partial charge in [-0.05, 0) is 56.4 Å². The van der Waals surface area contributed by atoms with Gasteiger partial charge in [0.1, 0.15) is 5.75 Å². The first kappa shape index (κ1) is 9.38. The summed E-state index contributed by atoms with van der Waals surface area (Å²) in [6.07, 6.45) is 3.90. The standard InChI is InChI=1S/C12H17NO/c1-8-7-12(14)9(2)6-11(8)13-10-4-3-5-10/h6-7,10,13-14H,3-5H2,1-2H3. The Morgan fingerprint density at radius 2 is 1.93 bits per heavy atom. The van der Waals surface area contributed by atoms with Crippen LogP contribution in [0.25, 0.3) is 0 Å². The Bertz CT molecular complexity index is 342. The number of hydrogen-bond acceptors (Lipinski definition) is 2. The molecule has 0 bridgehead atoms. The van der Waals surface area contributed by atoms with Crippen LogP contribution in [0, 0.1) is 13.8 Å². The topological polar surface area (TPSA) is 32.3 Å². The zero-order chi connectivity index (χ0) is 10.1. The van der Waals surface area contributed by atoms with Gasteiger partial charge in [0, 0.05) is 11.7 Å². The molecule has 0 spiro atoms. The molecule has 76 valence electrons. The lowest BCUT2D eigenvalue weighted by Gasteiger charge is -2.28. The second-order valence-electron chi connectivity index (χ2n) is 4.23. The van der Waals surface area contributed by atoms with E-state index < -0.39 is 0 Å². The van der Waals surface area contributed by atoms with Crippen molar-refractivity contribution in [3.63, 3.8) is 0 Å². The van der Waals surface area contributed by atoms with E-state index in [1.807, 2.05) is 26.0 Å². The predicted octanol–water partition coefficient (Wildman–Crippen LogP) is 2.97. The van der Waals surface area contributed by atoms with E-state index in [-0.39, 0.29) is 0 Å². The molecule has 0 heterocycles. The first-order valence-corrected chi connectivity index (χ1v) is 5.23. The molecule has 2 heteroatoms. The largest absolute Gasteiger partial charge is 0.508 e. The number of nitrogens with one attached hydrogen (secondary N) is 1. The van der Waals surface area contributed by atoms with E-state index >= 15 is 0 Å². The molecule has 2 N–H and O–H groups in total. The third kappa shape index (κ3) is 1.69. The quantitative estimate of drug-likeness (QED) is 0.704. The van der Waals surface area contributed by atoms with Gasteiger partial charge in [-0.1, -0.05) is 0 Å². The van der Waals surface area contributed by atoms with Crippen LogP contribution in [0.3, 0.4) is 0 Å². The van der Waals surface area contributed by atoms with Gasteiger partial charge in [-0.15, -0.1) is 0 Å². The number of phenolic OH excluding ortho intramolecular Hbond substituents is 1. The molecule has 2 rings (SSSR count). The van der Waals surface area contributed by atoms with E-state index in [1.165, 1.54) is 24.9 Å². The summed E-state index contributed by atoms with van der Waals surface area (Å²) in [7, 11) is 0. The second kappa shape index (κ2) is 3.52. The fraction of sp³-hybridized carbons (Fsp3) is 0.500. The van der Waals surface area contributed by atoms with E-state index in [1.54, 1.807) is 0 Å². The van der Waals surface area contributed by atoms with Gasteiger partial charge in [-0.25, -0.2) is 0 Å². The number of anilines is 1. The summed E-state index contributed by atoms with van der Waals surface area (Å²) in [5.41, 5.74) is 3.24. The molecule has 1 saturated carbocycles. The highest BCUT2D eigenvalue weighted by Crippen LogP contribution is 2.29. The molecule has 1 aromatic carbocycles. The van der Waals surface area contributed by atoms with Crippen molar-refractivity contribution in [2.45, 2.75) is 39.2 Å². The Labute approximate surface area is 85.0 Å². The van der Waals surface area contributed by atoms with Gasteiger partial charge in [-0.3, -0.25) is 0 Å². The van der Waals surface area contributed by atoms with E-state index in [4.69, 9.17) is 0 Å². The Morgan fingerprint density at radius 1 is 1.21 bits per heavy atom. The van der Waals surface area contributed by atoms with Crippen molar-refractivity contribution in [2.75, 3.05) is 5.32 Å². The maximum absolute atomic E-state index is 9.50. The van der Waals surface area contributed by atoms with Gasteiger partial charge in [0.05, 0.1) is 0 Å². The third-order valence-electron chi connectivity index (χ3n) is 3.01. The first-order valence-electron chi connectivity index (χ1n) is 5.23. The van der Waals surface area contributed by atoms with Crippen LogP contribution in [0.1, 0.15) is 30.4 Å². The Kier molecular flexibility index (Phi) is 2.36. The summed E-state index contributed by atoms with van der Waals surface area (Å²) >= 11 is 0. The molecule has 1 aromatic rings. The Balaban J connectivity index is 2.19. The molecule has 0 aliphatic heterocycles. The molecule has 0 saturated heterocycles. The number of hydrogen-bond donors (Lipinski definition) is 2. The molecule has 14 heavy (non-hydrogen) atoms. The van der Waals surface area contributed by atoms with E-state index in [0.29, 0.717) is 11.8 Å². The summed E-state index contributed by atoms with van der Waals surface area (Å²) in [6.45, 7) is 3.96. The minimum absolute atomic E-state index is 0.390. The highest BCUT2D eigenvalue weighted by Gasteiger charge is 2.17.